The molecule has 0 aliphatic rings. The molecule has 0 aromatic heterocycles. The van der Waals surface area contributed by atoms with Gasteiger partial charge in [-0.1, -0.05) is 0 Å². The van der Waals surface area contributed by atoms with E-state index < -0.39 is 6.04 Å². The van der Waals surface area contributed by atoms with Gasteiger partial charge in [0.25, 0.3) is 0 Å². The van der Waals surface area contributed by atoms with Crippen LogP contribution in [0.2, 0.25) is 0 Å². The zero-order chi connectivity index (χ0) is 7.28. The molecule has 1 atom stereocenters. The van der Waals surface area contributed by atoms with Crippen LogP contribution >= 0.6 is 0 Å². The van der Waals surface area contributed by atoms with E-state index in [1.165, 1.54) is 0 Å². The standard InChI is InChI=1S/C5H10N2O2/c1-4(6)5(9)7-2-3-8/h3-4H,2,6H2,1H3,(H,7,9)/t4-/m0/s1. The Balaban J connectivity index is 3.38. The molecule has 0 aliphatic heterocycles. The number of amides is 1. The Morgan fingerprint density at radius 1 is 1.89 bits per heavy atom. The molecule has 52 valence electrons. The highest BCUT2D eigenvalue weighted by Gasteiger charge is 2.03. The van der Waals surface area contributed by atoms with Crippen LogP contribution in [-0.4, -0.2) is 24.8 Å². The minimum absolute atomic E-state index is 0.0420. The molecular weight excluding hydrogens is 120 g/mol. The first-order chi connectivity index (χ1) is 4.18. The number of nitrogens with one attached hydrogen (secondary N) is 1. The largest absolute Gasteiger partial charge is 0.348 e. The van der Waals surface area contributed by atoms with Gasteiger partial charge in [-0.3, -0.25) is 4.79 Å². The zero-order valence-electron chi connectivity index (χ0n) is 5.26. The van der Waals surface area contributed by atoms with Gasteiger partial charge in [0.1, 0.15) is 6.29 Å². The highest BCUT2D eigenvalue weighted by molar-refractivity contribution is 5.82. The van der Waals surface area contributed by atoms with Crippen molar-refractivity contribution in [1.82, 2.24) is 5.32 Å². The average Bonchev–Trinajstić information content (AvgIpc) is 1.82. The lowest BCUT2D eigenvalue weighted by atomic mass is 10.3. The first kappa shape index (κ1) is 8.10. The lowest BCUT2D eigenvalue weighted by Crippen LogP contribution is -2.38. The lowest BCUT2D eigenvalue weighted by Gasteiger charge is -2.02. The van der Waals surface area contributed by atoms with Crippen molar-refractivity contribution in [2.24, 2.45) is 5.73 Å². The van der Waals surface area contributed by atoms with E-state index >= 15 is 0 Å². The number of carbonyl (C=O) groups excluding carboxylic acids is 2. The van der Waals surface area contributed by atoms with Gasteiger partial charge in [0.15, 0.2) is 0 Å². The summed E-state index contributed by atoms with van der Waals surface area (Å²) in [5.74, 6) is -0.304. The summed E-state index contributed by atoms with van der Waals surface area (Å²) in [5, 5.41) is 2.30. The monoisotopic (exact) mass is 130 g/mol. The molecule has 0 fully saturated rings. The number of carbonyl (C=O) groups is 2. The van der Waals surface area contributed by atoms with Crippen LogP contribution < -0.4 is 11.1 Å². The van der Waals surface area contributed by atoms with Gasteiger partial charge in [-0.25, -0.2) is 0 Å². The smallest absolute Gasteiger partial charge is 0.236 e. The molecule has 0 aromatic carbocycles. The number of nitrogens with two attached hydrogens (primary N) is 1. The Bertz CT molecular complexity index is 112. The second-order valence-electron chi connectivity index (χ2n) is 1.70. The highest BCUT2D eigenvalue weighted by atomic mass is 16.2. The third kappa shape index (κ3) is 3.66. The average molecular weight is 130 g/mol. The number of aldehydes is 1. The van der Waals surface area contributed by atoms with Gasteiger partial charge < -0.3 is 15.8 Å². The summed E-state index contributed by atoms with van der Waals surface area (Å²) in [5.41, 5.74) is 5.15. The van der Waals surface area contributed by atoms with E-state index in [2.05, 4.69) is 5.32 Å². The van der Waals surface area contributed by atoms with Gasteiger partial charge in [0.05, 0.1) is 12.6 Å². The Labute approximate surface area is 53.4 Å². The Hall–Kier alpha value is -0.900. The fourth-order valence-electron chi connectivity index (χ4n) is 0.303. The van der Waals surface area contributed by atoms with Gasteiger partial charge >= 0.3 is 0 Å². The number of hydrogen-bond acceptors (Lipinski definition) is 3. The fourth-order valence-corrected chi connectivity index (χ4v) is 0.303. The molecule has 0 radical (unpaired) electrons. The van der Waals surface area contributed by atoms with Crippen LogP contribution in [0.4, 0.5) is 0 Å². The van der Waals surface area contributed by atoms with Crippen molar-refractivity contribution in [1.29, 1.82) is 0 Å². The van der Waals surface area contributed by atoms with E-state index in [4.69, 9.17) is 5.73 Å². The molecule has 0 spiro atoms. The summed E-state index contributed by atoms with van der Waals surface area (Å²) in [6.45, 7) is 1.60. The van der Waals surface area contributed by atoms with Crippen molar-refractivity contribution in [3.8, 4) is 0 Å². The van der Waals surface area contributed by atoms with Gasteiger partial charge in [-0.15, -0.1) is 0 Å². The van der Waals surface area contributed by atoms with Gasteiger partial charge in [0.2, 0.25) is 5.91 Å². The normalized spacial score (nSPS) is 12.2. The summed E-state index contributed by atoms with van der Waals surface area (Å²) in [4.78, 5) is 20.2. The molecule has 0 saturated heterocycles. The second kappa shape index (κ2) is 4.03. The van der Waals surface area contributed by atoms with E-state index in [1.807, 2.05) is 0 Å². The lowest BCUT2D eigenvalue weighted by molar-refractivity contribution is -0.123. The molecular formula is C5H10N2O2. The molecule has 4 nitrogen and oxygen atoms in total. The van der Waals surface area contributed by atoms with Gasteiger partial charge in [-0.2, -0.15) is 0 Å². The van der Waals surface area contributed by atoms with E-state index in [0.717, 1.165) is 0 Å². The number of rotatable bonds is 3. The molecule has 0 unspecified atom stereocenters. The maximum Gasteiger partial charge on any atom is 0.236 e. The van der Waals surface area contributed by atoms with Crippen LogP contribution in [-0.2, 0) is 9.59 Å². The molecule has 3 N–H and O–H groups in total. The van der Waals surface area contributed by atoms with Crippen molar-refractivity contribution in [2.45, 2.75) is 13.0 Å². The summed E-state index contributed by atoms with van der Waals surface area (Å²) in [7, 11) is 0. The van der Waals surface area contributed by atoms with Crippen molar-refractivity contribution in [3.63, 3.8) is 0 Å². The topological polar surface area (TPSA) is 72.2 Å². The quantitative estimate of drug-likeness (QED) is 0.464. The van der Waals surface area contributed by atoms with Crippen molar-refractivity contribution < 1.29 is 9.59 Å². The molecule has 0 saturated carbocycles. The Morgan fingerprint density at radius 3 is 2.78 bits per heavy atom. The van der Waals surface area contributed by atoms with Crippen LogP contribution in [0, 0.1) is 0 Å². The van der Waals surface area contributed by atoms with Gasteiger partial charge in [-0.05, 0) is 6.92 Å². The second-order valence-corrected chi connectivity index (χ2v) is 1.70. The van der Waals surface area contributed by atoms with E-state index in [0.29, 0.717) is 6.29 Å². The fraction of sp³-hybridized carbons (Fsp3) is 0.600. The minimum Gasteiger partial charge on any atom is -0.348 e. The summed E-state index contributed by atoms with van der Waals surface area (Å²) in [6, 6.07) is -0.537. The van der Waals surface area contributed by atoms with E-state index in [-0.39, 0.29) is 12.5 Å². The maximum absolute atomic E-state index is 10.5. The summed E-state index contributed by atoms with van der Waals surface area (Å²) < 4.78 is 0. The zero-order valence-corrected chi connectivity index (χ0v) is 5.26. The summed E-state index contributed by atoms with van der Waals surface area (Å²) in [6.07, 6.45) is 0.611. The minimum atomic E-state index is -0.537. The Kier molecular flexibility index (Phi) is 3.62. The third-order valence-corrected chi connectivity index (χ3v) is 0.773. The molecule has 0 bridgehead atoms. The number of hydrogen-bond donors (Lipinski definition) is 2. The van der Waals surface area contributed by atoms with Crippen LogP contribution in [0.1, 0.15) is 6.92 Å². The van der Waals surface area contributed by atoms with E-state index in [9.17, 15) is 9.59 Å². The van der Waals surface area contributed by atoms with Crippen molar-refractivity contribution in [3.05, 3.63) is 0 Å². The summed E-state index contributed by atoms with van der Waals surface area (Å²) >= 11 is 0. The Morgan fingerprint density at radius 2 is 2.44 bits per heavy atom. The van der Waals surface area contributed by atoms with Crippen molar-refractivity contribution >= 4 is 12.2 Å². The molecule has 1 amide bonds. The maximum atomic E-state index is 10.5. The molecule has 9 heavy (non-hydrogen) atoms. The predicted octanol–water partition coefficient (Wildman–Crippen LogP) is -1.35. The molecule has 0 aromatic rings. The van der Waals surface area contributed by atoms with Crippen LogP contribution in [0.5, 0.6) is 0 Å². The molecule has 0 aliphatic carbocycles. The predicted molar refractivity (Wildman–Crippen MR) is 32.7 cm³/mol. The van der Waals surface area contributed by atoms with E-state index in [1.54, 1.807) is 6.92 Å². The molecule has 0 heterocycles. The first-order valence-corrected chi connectivity index (χ1v) is 2.65. The third-order valence-electron chi connectivity index (χ3n) is 0.773. The highest BCUT2D eigenvalue weighted by Crippen LogP contribution is 1.71. The van der Waals surface area contributed by atoms with Crippen LogP contribution in [0.25, 0.3) is 0 Å². The molecule has 0 rings (SSSR count). The van der Waals surface area contributed by atoms with Gasteiger partial charge in [0, 0.05) is 0 Å². The van der Waals surface area contributed by atoms with Crippen LogP contribution in [0.3, 0.4) is 0 Å². The SMILES string of the molecule is C[C@H](N)C(=O)NCC=O. The first-order valence-electron chi connectivity index (χ1n) is 2.65. The molecule has 4 heteroatoms. The van der Waals surface area contributed by atoms with Crippen molar-refractivity contribution in [2.75, 3.05) is 6.54 Å². The van der Waals surface area contributed by atoms with Crippen LogP contribution in [0.15, 0.2) is 0 Å².